The Bertz CT molecular complexity index is 972. The molecule has 0 aliphatic heterocycles. The number of carbonyl (C=O) groups is 2. The van der Waals surface area contributed by atoms with Crippen molar-refractivity contribution in [3.63, 3.8) is 0 Å². The molecule has 0 aliphatic rings. The molecular weight excluding hydrogens is 278 g/mol. The van der Waals surface area contributed by atoms with Crippen LogP contribution in [0.4, 0.5) is 0 Å². The Labute approximate surface area is 116 Å². The average molecular weight is 285 g/mol. The van der Waals surface area contributed by atoms with Gasteiger partial charge in [-0.1, -0.05) is 0 Å². The van der Waals surface area contributed by atoms with Gasteiger partial charge in [-0.05, 0) is 24.3 Å². The van der Waals surface area contributed by atoms with Gasteiger partial charge in [0.1, 0.15) is 11.1 Å². The lowest BCUT2D eigenvalue weighted by atomic mass is 10.0. The van der Waals surface area contributed by atoms with E-state index < -0.39 is 28.6 Å². The SMILES string of the molecule is O=C(O)c1c(C(=O)O)c2ccc3occcc3c2nc1=O. The van der Waals surface area contributed by atoms with E-state index in [1.165, 1.54) is 18.4 Å². The lowest BCUT2D eigenvalue weighted by molar-refractivity contribution is 0.0651. The fourth-order valence-electron chi connectivity index (χ4n) is 2.24. The van der Waals surface area contributed by atoms with Crippen LogP contribution in [0.25, 0.3) is 21.9 Å². The predicted octanol–water partition coefficient (Wildman–Crippen LogP) is 1.74. The van der Waals surface area contributed by atoms with Crippen molar-refractivity contribution < 1.29 is 24.2 Å². The summed E-state index contributed by atoms with van der Waals surface area (Å²) in [5.41, 5.74) is -1.99. The number of benzene rings is 1. The van der Waals surface area contributed by atoms with Gasteiger partial charge in [0.2, 0.25) is 0 Å². The highest BCUT2D eigenvalue weighted by Crippen LogP contribution is 2.26. The standard InChI is InChI=1S/C14H7NO6/c16-12-10(14(19)20)9(13(17)18)7-3-4-8-6(11(7)15-12)2-1-5-21-8/h1-5H,(H,17,18)(H,19,20). The van der Waals surface area contributed by atoms with Crippen molar-refractivity contribution in [1.29, 1.82) is 0 Å². The molecular formula is C14H7NO6. The quantitative estimate of drug-likeness (QED) is 0.688. The third kappa shape index (κ3) is 1.83. The van der Waals surface area contributed by atoms with Crippen LogP contribution in [0, 0.1) is 0 Å². The molecule has 0 saturated heterocycles. The Kier molecular flexibility index (Phi) is 2.69. The highest BCUT2D eigenvalue weighted by atomic mass is 16.4. The molecule has 21 heavy (non-hydrogen) atoms. The van der Waals surface area contributed by atoms with Gasteiger partial charge in [-0.2, -0.15) is 0 Å². The van der Waals surface area contributed by atoms with E-state index in [0.717, 1.165) is 0 Å². The second kappa shape index (κ2) is 4.41. The van der Waals surface area contributed by atoms with E-state index in [4.69, 9.17) is 9.52 Å². The molecule has 0 aliphatic carbocycles. The molecule has 0 spiro atoms. The molecule has 1 aromatic carbocycles. The van der Waals surface area contributed by atoms with Gasteiger partial charge in [0.25, 0.3) is 5.56 Å². The van der Waals surface area contributed by atoms with Gasteiger partial charge < -0.3 is 14.6 Å². The zero-order valence-corrected chi connectivity index (χ0v) is 10.4. The number of aromatic nitrogens is 1. The van der Waals surface area contributed by atoms with Crippen molar-refractivity contribution in [3.8, 4) is 0 Å². The first-order valence-corrected chi connectivity index (χ1v) is 5.81. The summed E-state index contributed by atoms with van der Waals surface area (Å²) in [6.07, 6.45) is 1.43. The number of carboxylic acids is 2. The second-order valence-electron chi connectivity index (χ2n) is 4.26. The minimum atomic E-state index is -1.62. The molecule has 7 heteroatoms. The van der Waals surface area contributed by atoms with Crippen LogP contribution in [0.5, 0.6) is 0 Å². The summed E-state index contributed by atoms with van der Waals surface area (Å²) in [5, 5.41) is 18.8. The molecule has 0 atom stereocenters. The van der Waals surface area contributed by atoms with E-state index >= 15 is 0 Å². The van der Waals surface area contributed by atoms with Crippen molar-refractivity contribution in [2.75, 3.05) is 0 Å². The van der Waals surface area contributed by atoms with E-state index in [1.54, 1.807) is 12.1 Å². The Morgan fingerprint density at radius 3 is 2.38 bits per heavy atom. The number of nitrogens with zero attached hydrogens (tertiary/aromatic N) is 1. The maximum atomic E-state index is 11.9. The highest BCUT2D eigenvalue weighted by Gasteiger charge is 2.25. The molecule has 3 rings (SSSR count). The van der Waals surface area contributed by atoms with E-state index in [2.05, 4.69) is 4.98 Å². The minimum Gasteiger partial charge on any atom is -0.478 e. The summed E-state index contributed by atoms with van der Waals surface area (Å²) < 4.78 is 5.23. The molecule has 2 aromatic heterocycles. The lowest BCUT2D eigenvalue weighted by Gasteiger charge is -2.07. The molecule has 0 fully saturated rings. The fourth-order valence-corrected chi connectivity index (χ4v) is 2.24. The zero-order chi connectivity index (χ0) is 15.1. The molecule has 104 valence electrons. The van der Waals surface area contributed by atoms with E-state index in [9.17, 15) is 19.5 Å². The van der Waals surface area contributed by atoms with Crippen LogP contribution in [-0.4, -0.2) is 27.1 Å². The molecule has 2 heterocycles. The maximum Gasteiger partial charge on any atom is 0.342 e. The summed E-state index contributed by atoms with van der Waals surface area (Å²) >= 11 is 0. The van der Waals surface area contributed by atoms with Crippen LogP contribution in [0.15, 0.2) is 39.7 Å². The van der Waals surface area contributed by atoms with Gasteiger partial charge in [0, 0.05) is 10.8 Å². The maximum absolute atomic E-state index is 11.9. The predicted molar refractivity (Wildman–Crippen MR) is 71.7 cm³/mol. The first-order valence-electron chi connectivity index (χ1n) is 5.81. The molecule has 0 saturated carbocycles. The second-order valence-corrected chi connectivity index (χ2v) is 4.26. The van der Waals surface area contributed by atoms with E-state index in [1.807, 2.05) is 0 Å². The van der Waals surface area contributed by atoms with Crippen molar-refractivity contribution in [2.24, 2.45) is 0 Å². The molecule has 0 amide bonds. The Morgan fingerprint density at radius 2 is 1.71 bits per heavy atom. The van der Waals surface area contributed by atoms with Crippen LogP contribution in [0.3, 0.4) is 0 Å². The summed E-state index contributed by atoms with van der Waals surface area (Å²) in [7, 11) is 0. The van der Waals surface area contributed by atoms with Gasteiger partial charge in [-0.25, -0.2) is 14.6 Å². The van der Waals surface area contributed by atoms with Crippen LogP contribution < -0.4 is 5.56 Å². The summed E-state index contributed by atoms with van der Waals surface area (Å²) in [4.78, 5) is 38.1. The highest BCUT2D eigenvalue weighted by molar-refractivity contribution is 6.15. The van der Waals surface area contributed by atoms with Crippen molar-refractivity contribution in [1.82, 2.24) is 4.98 Å². The Hall–Kier alpha value is -3.22. The first kappa shape index (κ1) is 12.8. The monoisotopic (exact) mass is 285 g/mol. The number of pyridine rings is 1. The fraction of sp³-hybridized carbons (Fsp3) is 0. The molecule has 2 N–H and O–H groups in total. The summed E-state index contributed by atoms with van der Waals surface area (Å²) in [5.74, 6) is -3.12. The van der Waals surface area contributed by atoms with Crippen LogP contribution in [0.1, 0.15) is 20.7 Å². The van der Waals surface area contributed by atoms with E-state index in [-0.39, 0.29) is 10.9 Å². The number of fused-ring (bicyclic) bond motifs is 3. The molecule has 0 bridgehead atoms. The average Bonchev–Trinajstić information content (AvgIpc) is 2.45. The Morgan fingerprint density at radius 1 is 1.00 bits per heavy atom. The number of hydrogen-bond acceptors (Lipinski definition) is 5. The third-order valence-electron chi connectivity index (χ3n) is 3.09. The molecule has 0 unspecified atom stereocenters. The Balaban J connectivity index is 2.62. The largest absolute Gasteiger partial charge is 0.478 e. The zero-order valence-electron chi connectivity index (χ0n) is 10.4. The number of carboxylic acid groups (broad SMARTS) is 2. The normalized spacial score (nSPS) is 10.9. The van der Waals surface area contributed by atoms with Crippen molar-refractivity contribution >= 4 is 33.8 Å². The smallest absolute Gasteiger partial charge is 0.342 e. The summed E-state index contributed by atoms with van der Waals surface area (Å²) in [6.45, 7) is 0. The number of aromatic carboxylic acids is 2. The number of rotatable bonds is 2. The topological polar surface area (TPSA) is 118 Å². The van der Waals surface area contributed by atoms with Gasteiger partial charge >= 0.3 is 11.9 Å². The van der Waals surface area contributed by atoms with Gasteiger partial charge in [0.05, 0.1) is 17.3 Å². The van der Waals surface area contributed by atoms with E-state index in [0.29, 0.717) is 11.0 Å². The molecule has 0 radical (unpaired) electrons. The van der Waals surface area contributed by atoms with Gasteiger partial charge in [-0.3, -0.25) is 4.79 Å². The third-order valence-corrected chi connectivity index (χ3v) is 3.09. The first-order chi connectivity index (χ1) is 10.0. The van der Waals surface area contributed by atoms with Crippen LogP contribution in [-0.2, 0) is 0 Å². The lowest BCUT2D eigenvalue weighted by Crippen LogP contribution is -2.23. The van der Waals surface area contributed by atoms with Crippen molar-refractivity contribution in [2.45, 2.75) is 0 Å². The summed E-state index contributed by atoms with van der Waals surface area (Å²) in [6, 6.07) is 6.06. The molecule has 7 nitrogen and oxygen atoms in total. The van der Waals surface area contributed by atoms with Crippen LogP contribution >= 0.6 is 0 Å². The van der Waals surface area contributed by atoms with Crippen molar-refractivity contribution in [3.05, 3.63) is 52.0 Å². The van der Waals surface area contributed by atoms with Gasteiger partial charge in [0.15, 0.2) is 0 Å². The minimum absolute atomic E-state index is 0.0772. The van der Waals surface area contributed by atoms with Gasteiger partial charge in [-0.15, -0.1) is 0 Å². The number of hydrogen-bond donors (Lipinski definition) is 2. The molecule has 3 aromatic rings. The van der Waals surface area contributed by atoms with Crippen LogP contribution in [0.2, 0.25) is 0 Å².